The Morgan fingerprint density at radius 3 is 2.08 bits per heavy atom. The number of aliphatic hydroxyl groups is 1. The molecule has 2 atom stereocenters. The molecular formula is C16H17FN2O5S2. The van der Waals surface area contributed by atoms with E-state index >= 15 is 0 Å². The lowest BCUT2D eigenvalue weighted by molar-refractivity contribution is 0.190. The van der Waals surface area contributed by atoms with Crippen molar-refractivity contribution in [2.75, 3.05) is 21.5 Å². The van der Waals surface area contributed by atoms with Crippen molar-refractivity contribution in [2.24, 2.45) is 0 Å². The van der Waals surface area contributed by atoms with E-state index in [-0.39, 0.29) is 16.4 Å². The van der Waals surface area contributed by atoms with Gasteiger partial charge in [-0.3, -0.25) is 4.72 Å². The van der Waals surface area contributed by atoms with Crippen LogP contribution in [0, 0.1) is 5.82 Å². The summed E-state index contributed by atoms with van der Waals surface area (Å²) in [7, 11) is -7.11. The van der Waals surface area contributed by atoms with Gasteiger partial charge in [0.25, 0.3) is 10.0 Å². The molecule has 0 aliphatic carbocycles. The zero-order valence-corrected chi connectivity index (χ0v) is 15.1. The molecule has 1 saturated heterocycles. The van der Waals surface area contributed by atoms with Crippen LogP contribution in [0.15, 0.2) is 53.4 Å². The van der Waals surface area contributed by atoms with Crippen molar-refractivity contribution in [3.8, 4) is 0 Å². The number of sulfone groups is 1. The first kappa shape index (κ1) is 18.6. The number of halogens is 1. The van der Waals surface area contributed by atoms with Crippen molar-refractivity contribution < 1.29 is 26.3 Å². The zero-order chi connectivity index (χ0) is 18.9. The van der Waals surface area contributed by atoms with Crippen molar-refractivity contribution in [2.45, 2.75) is 17.0 Å². The fourth-order valence-corrected chi connectivity index (χ4v) is 5.44. The van der Waals surface area contributed by atoms with E-state index in [4.69, 9.17) is 0 Å². The molecule has 2 aromatic carbocycles. The summed E-state index contributed by atoms with van der Waals surface area (Å²) in [6.45, 7) is 0. The number of rotatable bonds is 5. The topological polar surface area (TPSA) is 113 Å². The highest BCUT2D eigenvalue weighted by atomic mass is 32.2. The number of anilines is 2. The van der Waals surface area contributed by atoms with Crippen LogP contribution in [-0.4, -0.2) is 45.6 Å². The SMILES string of the molecule is O=S1(=O)C[C@H](O)[C@H](Nc2ccc(NS(=O)(=O)c3ccc(F)cc3)cc2)C1. The quantitative estimate of drug-likeness (QED) is 0.695. The summed E-state index contributed by atoms with van der Waals surface area (Å²) in [4.78, 5) is -0.0691. The standard InChI is InChI=1S/C16H17FN2O5S2/c17-11-1-7-14(8-2-11)26(23,24)19-13-5-3-12(4-6-13)18-15-9-25(21,22)10-16(15)20/h1-8,15-16,18-20H,9-10H2/t15-,16+/m1/s1. The van der Waals surface area contributed by atoms with Gasteiger partial charge >= 0.3 is 0 Å². The average molecular weight is 400 g/mol. The fraction of sp³-hybridized carbons (Fsp3) is 0.250. The Labute approximate surface area is 150 Å². The molecule has 0 saturated carbocycles. The smallest absolute Gasteiger partial charge is 0.261 e. The first-order valence-corrected chi connectivity index (χ1v) is 11.0. The molecule has 0 unspecified atom stereocenters. The maximum atomic E-state index is 12.9. The van der Waals surface area contributed by atoms with Crippen LogP contribution >= 0.6 is 0 Å². The second kappa shape index (κ2) is 6.86. The molecule has 1 heterocycles. The van der Waals surface area contributed by atoms with Crippen LogP contribution in [0.1, 0.15) is 0 Å². The van der Waals surface area contributed by atoms with Gasteiger partial charge in [0.2, 0.25) is 0 Å². The Balaban J connectivity index is 1.69. The van der Waals surface area contributed by atoms with Crippen LogP contribution < -0.4 is 10.0 Å². The van der Waals surface area contributed by atoms with Gasteiger partial charge in [0.15, 0.2) is 9.84 Å². The van der Waals surface area contributed by atoms with Gasteiger partial charge in [0.1, 0.15) is 5.82 Å². The van der Waals surface area contributed by atoms with Gasteiger partial charge in [-0.25, -0.2) is 21.2 Å². The molecule has 0 bridgehead atoms. The first-order chi connectivity index (χ1) is 12.1. The first-order valence-electron chi connectivity index (χ1n) is 7.68. The number of nitrogens with one attached hydrogen (secondary N) is 2. The summed E-state index contributed by atoms with van der Waals surface area (Å²) < 4.78 is 62.8. The molecule has 0 amide bonds. The summed E-state index contributed by atoms with van der Waals surface area (Å²) in [6, 6.07) is 9.97. The third kappa shape index (κ3) is 4.32. The number of hydrogen-bond acceptors (Lipinski definition) is 6. The maximum Gasteiger partial charge on any atom is 0.261 e. The number of aliphatic hydroxyl groups excluding tert-OH is 1. The van der Waals surface area contributed by atoms with Crippen LogP contribution in [0.3, 0.4) is 0 Å². The van der Waals surface area contributed by atoms with E-state index in [1.807, 2.05) is 0 Å². The molecule has 3 rings (SSSR count). The zero-order valence-electron chi connectivity index (χ0n) is 13.5. The Hall–Kier alpha value is -2.17. The van der Waals surface area contributed by atoms with Crippen LogP contribution in [0.5, 0.6) is 0 Å². The molecule has 26 heavy (non-hydrogen) atoms. The molecule has 1 aliphatic heterocycles. The van der Waals surface area contributed by atoms with E-state index in [1.54, 1.807) is 12.1 Å². The Kier molecular flexibility index (Phi) is 4.91. The van der Waals surface area contributed by atoms with Crippen LogP contribution in [0.25, 0.3) is 0 Å². The van der Waals surface area contributed by atoms with Gasteiger partial charge in [-0.05, 0) is 48.5 Å². The van der Waals surface area contributed by atoms with Crippen molar-refractivity contribution in [3.63, 3.8) is 0 Å². The summed E-state index contributed by atoms with van der Waals surface area (Å²) in [5.41, 5.74) is 0.843. The Morgan fingerprint density at radius 2 is 1.54 bits per heavy atom. The van der Waals surface area contributed by atoms with Crippen LogP contribution in [-0.2, 0) is 19.9 Å². The van der Waals surface area contributed by atoms with E-state index in [2.05, 4.69) is 10.0 Å². The monoisotopic (exact) mass is 400 g/mol. The minimum Gasteiger partial charge on any atom is -0.390 e. The lowest BCUT2D eigenvalue weighted by Crippen LogP contribution is -2.31. The van der Waals surface area contributed by atoms with Gasteiger partial charge < -0.3 is 10.4 Å². The van der Waals surface area contributed by atoms with E-state index < -0.39 is 37.8 Å². The van der Waals surface area contributed by atoms with E-state index in [1.165, 1.54) is 12.1 Å². The summed E-state index contributed by atoms with van der Waals surface area (Å²) in [5, 5.41) is 12.7. The molecule has 1 aliphatic rings. The van der Waals surface area contributed by atoms with E-state index in [0.29, 0.717) is 11.4 Å². The van der Waals surface area contributed by atoms with Gasteiger partial charge in [0.05, 0.1) is 28.5 Å². The van der Waals surface area contributed by atoms with Gasteiger partial charge in [0, 0.05) is 11.4 Å². The Bertz CT molecular complexity index is 990. The second-order valence-corrected chi connectivity index (χ2v) is 9.87. The van der Waals surface area contributed by atoms with Crippen LogP contribution in [0.4, 0.5) is 15.8 Å². The number of sulfonamides is 1. The molecule has 3 N–H and O–H groups in total. The van der Waals surface area contributed by atoms with E-state index in [9.17, 15) is 26.3 Å². The van der Waals surface area contributed by atoms with Gasteiger partial charge in [-0.2, -0.15) is 0 Å². The molecule has 0 aromatic heterocycles. The fourth-order valence-electron chi connectivity index (χ4n) is 2.64. The molecular weight excluding hydrogens is 383 g/mol. The molecule has 7 nitrogen and oxygen atoms in total. The molecule has 140 valence electrons. The largest absolute Gasteiger partial charge is 0.390 e. The predicted octanol–water partition coefficient (Wildman–Crippen LogP) is 1.20. The molecule has 2 aromatic rings. The average Bonchev–Trinajstić information content (AvgIpc) is 2.81. The third-order valence-corrected chi connectivity index (χ3v) is 7.05. The van der Waals surface area contributed by atoms with Crippen LogP contribution in [0.2, 0.25) is 0 Å². The molecule has 0 radical (unpaired) electrons. The lowest BCUT2D eigenvalue weighted by atomic mass is 10.2. The minimum atomic E-state index is -3.85. The van der Waals surface area contributed by atoms with Crippen molar-refractivity contribution in [3.05, 3.63) is 54.3 Å². The molecule has 10 heteroatoms. The minimum absolute atomic E-state index is 0.0691. The summed E-state index contributed by atoms with van der Waals surface area (Å²) >= 11 is 0. The van der Waals surface area contributed by atoms with Crippen molar-refractivity contribution in [1.29, 1.82) is 0 Å². The van der Waals surface area contributed by atoms with Gasteiger partial charge in [-0.15, -0.1) is 0 Å². The Morgan fingerprint density at radius 1 is 0.962 bits per heavy atom. The highest BCUT2D eigenvalue weighted by molar-refractivity contribution is 7.92. The van der Waals surface area contributed by atoms with Crippen molar-refractivity contribution >= 4 is 31.2 Å². The predicted molar refractivity (Wildman–Crippen MR) is 95.7 cm³/mol. The summed E-state index contributed by atoms with van der Waals surface area (Å²) in [5.74, 6) is -0.969. The highest BCUT2D eigenvalue weighted by Crippen LogP contribution is 2.21. The van der Waals surface area contributed by atoms with Crippen molar-refractivity contribution in [1.82, 2.24) is 0 Å². The number of benzene rings is 2. The second-order valence-electron chi connectivity index (χ2n) is 6.03. The lowest BCUT2D eigenvalue weighted by Gasteiger charge is -2.16. The molecule has 1 fully saturated rings. The normalized spacial score (nSPS) is 22.1. The number of hydrogen-bond donors (Lipinski definition) is 3. The van der Waals surface area contributed by atoms with E-state index in [0.717, 1.165) is 24.3 Å². The summed E-state index contributed by atoms with van der Waals surface area (Å²) in [6.07, 6.45) is -0.989. The van der Waals surface area contributed by atoms with Gasteiger partial charge in [-0.1, -0.05) is 0 Å². The third-order valence-electron chi connectivity index (χ3n) is 3.94. The highest BCUT2D eigenvalue weighted by Gasteiger charge is 2.36. The molecule has 0 spiro atoms. The maximum absolute atomic E-state index is 12.9.